The maximum Gasteiger partial charge on any atom is 0.146 e. The number of aliphatic hydroxyl groups excluding tert-OH is 1. The molecule has 1 N–H and O–H groups in total. The minimum Gasteiger partial charge on any atom is -0.474 e. The van der Waals surface area contributed by atoms with E-state index in [1.54, 1.807) is 0 Å². The zero-order chi connectivity index (χ0) is 9.66. The Morgan fingerprint density at radius 1 is 1.17 bits per heavy atom. The van der Waals surface area contributed by atoms with Crippen molar-refractivity contribution in [2.75, 3.05) is 27.1 Å². The van der Waals surface area contributed by atoms with E-state index in [4.69, 9.17) is 14.6 Å². The van der Waals surface area contributed by atoms with Crippen LogP contribution >= 0.6 is 0 Å². The molecule has 72 valence electrons. The van der Waals surface area contributed by atoms with E-state index in [-0.39, 0.29) is 0 Å². The van der Waals surface area contributed by atoms with Crippen molar-refractivity contribution in [3.8, 4) is 0 Å². The van der Waals surface area contributed by atoms with Crippen molar-refractivity contribution >= 4 is 0 Å². The maximum absolute atomic E-state index is 7.00. The average Bonchev–Trinajstić information content (AvgIpc) is 2.67. The van der Waals surface area contributed by atoms with Crippen molar-refractivity contribution in [1.29, 1.82) is 0 Å². The normalized spacial score (nSPS) is 12.8. The summed E-state index contributed by atoms with van der Waals surface area (Å²) < 4.78 is 13.8. The molecule has 0 aliphatic carbocycles. The molecule has 12 heavy (non-hydrogen) atoms. The molecule has 4 nitrogen and oxygen atoms in total. The first-order chi connectivity index (χ1) is 5.91. The number of hydrogen-bond donors (Lipinski definition) is 1. The van der Waals surface area contributed by atoms with Crippen molar-refractivity contribution < 1.29 is 19.3 Å². The standard InChI is InChI=1S/C4H6O.C3H6O2.CH4O/c1-3-5-4-2;1-2-5-3-4-1;1-2/h3-4H,1-2H2;1-3H2;2H,1H3. The van der Waals surface area contributed by atoms with E-state index < -0.39 is 0 Å². The smallest absolute Gasteiger partial charge is 0.146 e. The number of aliphatic hydroxyl groups is 1. The largest absolute Gasteiger partial charge is 0.474 e. The lowest BCUT2D eigenvalue weighted by Crippen LogP contribution is -1.79. The molecule has 0 amide bonds. The van der Waals surface area contributed by atoms with Crippen LogP contribution in [0, 0.1) is 0 Å². The molecule has 1 rings (SSSR count). The van der Waals surface area contributed by atoms with Crippen molar-refractivity contribution in [2.24, 2.45) is 0 Å². The number of hydrogen-bond acceptors (Lipinski definition) is 4. The fourth-order valence-corrected chi connectivity index (χ4v) is 0.363. The molecular weight excluding hydrogens is 160 g/mol. The van der Waals surface area contributed by atoms with Gasteiger partial charge in [0.2, 0.25) is 0 Å². The van der Waals surface area contributed by atoms with Crippen molar-refractivity contribution in [2.45, 2.75) is 0 Å². The molecule has 1 fully saturated rings. The fourth-order valence-electron chi connectivity index (χ4n) is 0.363. The Bertz CT molecular complexity index is 75.4. The average molecular weight is 176 g/mol. The van der Waals surface area contributed by atoms with Gasteiger partial charge in [-0.05, 0) is 0 Å². The van der Waals surface area contributed by atoms with Gasteiger partial charge >= 0.3 is 0 Å². The Labute approximate surface area is 73.1 Å². The highest BCUT2D eigenvalue weighted by Crippen LogP contribution is 1.85. The number of rotatable bonds is 2. The van der Waals surface area contributed by atoms with Crippen LogP contribution in [0.3, 0.4) is 0 Å². The van der Waals surface area contributed by atoms with Crippen molar-refractivity contribution in [1.82, 2.24) is 0 Å². The second-order valence-corrected chi connectivity index (χ2v) is 1.40. The maximum atomic E-state index is 7.00. The van der Waals surface area contributed by atoms with E-state index in [1.165, 1.54) is 12.5 Å². The van der Waals surface area contributed by atoms with Gasteiger partial charge in [0.25, 0.3) is 0 Å². The zero-order valence-electron chi connectivity index (χ0n) is 7.36. The second-order valence-electron chi connectivity index (χ2n) is 1.40. The van der Waals surface area contributed by atoms with Gasteiger partial charge in [0, 0.05) is 7.11 Å². The third kappa shape index (κ3) is 16.1. The van der Waals surface area contributed by atoms with Gasteiger partial charge in [-0.2, -0.15) is 0 Å². The third-order valence-electron chi connectivity index (χ3n) is 0.731. The van der Waals surface area contributed by atoms with Gasteiger partial charge in [0.05, 0.1) is 25.7 Å². The predicted octanol–water partition coefficient (Wildman–Crippen LogP) is 0.889. The Hall–Kier alpha value is -0.840. The zero-order valence-corrected chi connectivity index (χ0v) is 7.36. The van der Waals surface area contributed by atoms with E-state index in [1.807, 2.05) is 0 Å². The molecule has 4 heteroatoms. The summed E-state index contributed by atoms with van der Waals surface area (Å²) in [5.74, 6) is 0. The molecular formula is C8H16O4. The summed E-state index contributed by atoms with van der Waals surface area (Å²) in [6.45, 7) is 8.57. The van der Waals surface area contributed by atoms with Crippen molar-refractivity contribution in [3.63, 3.8) is 0 Å². The van der Waals surface area contributed by atoms with Crippen LogP contribution in [-0.4, -0.2) is 32.2 Å². The highest BCUT2D eigenvalue weighted by molar-refractivity contribution is 4.57. The third-order valence-corrected chi connectivity index (χ3v) is 0.731. The molecule has 1 saturated heterocycles. The van der Waals surface area contributed by atoms with Crippen LogP contribution in [0.2, 0.25) is 0 Å². The molecule has 0 saturated carbocycles. The summed E-state index contributed by atoms with van der Waals surface area (Å²) in [5, 5.41) is 7.00. The van der Waals surface area contributed by atoms with Gasteiger partial charge in [-0.3, -0.25) is 0 Å². The Kier molecular flexibility index (Phi) is 19.0. The van der Waals surface area contributed by atoms with Crippen LogP contribution < -0.4 is 0 Å². The van der Waals surface area contributed by atoms with E-state index in [9.17, 15) is 0 Å². The summed E-state index contributed by atoms with van der Waals surface area (Å²) in [4.78, 5) is 0. The summed E-state index contributed by atoms with van der Waals surface area (Å²) in [6, 6.07) is 0. The highest BCUT2D eigenvalue weighted by atomic mass is 16.7. The predicted molar refractivity (Wildman–Crippen MR) is 46.4 cm³/mol. The van der Waals surface area contributed by atoms with Gasteiger partial charge in [-0.1, -0.05) is 13.2 Å². The van der Waals surface area contributed by atoms with Crippen LogP contribution in [0.25, 0.3) is 0 Å². The van der Waals surface area contributed by atoms with Gasteiger partial charge in [-0.15, -0.1) is 0 Å². The molecule has 1 aliphatic rings. The van der Waals surface area contributed by atoms with Crippen LogP contribution in [0.5, 0.6) is 0 Å². The van der Waals surface area contributed by atoms with E-state index in [0.29, 0.717) is 6.79 Å². The highest BCUT2D eigenvalue weighted by Gasteiger charge is 1.93. The van der Waals surface area contributed by atoms with Crippen LogP contribution in [0.1, 0.15) is 0 Å². The topological polar surface area (TPSA) is 47.9 Å². The van der Waals surface area contributed by atoms with Gasteiger partial charge in [0.1, 0.15) is 6.79 Å². The molecule has 0 radical (unpaired) electrons. The molecule has 0 atom stereocenters. The van der Waals surface area contributed by atoms with Gasteiger partial charge < -0.3 is 19.3 Å². The minimum atomic E-state index is 0.500. The lowest BCUT2D eigenvalue weighted by molar-refractivity contribution is 0.0692. The lowest BCUT2D eigenvalue weighted by atomic mass is 10.8. The second kappa shape index (κ2) is 16.6. The monoisotopic (exact) mass is 176 g/mol. The van der Waals surface area contributed by atoms with E-state index >= 15 is 0 Å². The molecule has 0 spiro atoms. The Balaban J connectivity index is 0. The Morgan fingerprint density at radius 2 is 1.58 bits per heavy atom. The molecule has 1 aliphatic heterocycles. The summed E-state index contributed by atoms with van der Waals surface area (Å²) in [6.07, 6.45) is 2.62. The van der Waals surface area contributed by atoms with Gasteiger partial charge in [0.15, 0.2) is 0 Å². The molecule has 0 aromatic heterocycles. The fraction of sp³-hybridized carbons (Fsp3) is 0.500. The minimum absolute atomic E-state index is 0.500. The first-order valence-corrected chi connectivity index (χ1v) is 3.39. The lowest BCUT2D eigenvalue weighted by Gasteiger charge is -1.76. The van der Waals surface area contributed by atoms with Crippen LogP contribution in [0.4, 0.5) is 0 Å². The van der Waals surface area contributed by atoms with Crippen molar-refractivity contribution in [3.05, 3.63) is 25.7 Å². The molecule has 0 bridgehead atoms. The summed E-state index contributed by atoms with van der Waals surface area (Å²) in [5.41, 5.74) is 0. The summed E-state index contributed by atoms with van der Waals surface area (Å²) in [7, 11) is 1.00. The van der Waals surface area contributed by atoms with Crippen LogP contribution in [0.15, 0.2) is 25.7 Å². The molecule has 0 unspecified atom stereocenters. The van der Waals surface area contributed by atoms with Gasteiger partial charge in [-0.25, -0.2) is 0 Å². The number of ether oxygens (including phenoxy) is 3. The SMILES string of the molecule is C1COCO1.C=COC=C.CO. The molecule has 0 aromatic carbocycles. The summed E-state index contributed by atoms with van der Waals surface area (Å²) >= 11 is 0. The molecule has 1 heterocycles. The van der Waals surface area contributed by atoms with Crippen LogP contribution in [-0.2, 0) is 14.2 Å². The first kappa shape index (κ1) is 13.7. The first-order valence-electron chi connectivity index (χ1n) is 3.39. The van der Waals surface area contributed by atoms with E-state index in [0.717, 1.165) is 20.3 Å². The quantitative estimate of drug-likeness (QED) is 0.635. The Morgan fingerprint density at radius 3 is 1.67 bits per heavy atom. The molecule has 0 aromatic rings. The van der Waals surface area contributed by atoms with E-state index in [2.05, 4.69) is 17.9 Å².